The second kappa shape index (κ2) is 5.56. The van der Waals surface area contributed by atoms with Crippen LogP contribution in [0, 0.1) is 6.92 Å². The lowest BCUT2D eigenvalue weighted by molar-refractivity contribution is 0.382. The van der Waals surface area contributed by atoms with Crippen LogP contribution in [0.4, 0.5) is 5.82 Å². The largest absolute Gasteiger partial charge is 0.353 e. The zero-order valence-electron chi connectivity index (χ0n) is 14.8. The van der Waals surface area contributed by atoms with Crippen LogP contribution in [0.25, 0.3) is 16.9 Å². The average molecular weight is 337 g/mol. The number of hydrogen-bond acceptors (Lipinski definition) is 5. The molecule has 0 bridgehead atoms. The number of nitrogens with zero attached hydrogens (tertiary/aromatic N) is 7. The predicted octanol–water partition coefficient (Wildman–Crippen LogP) is 1.99. The first-order valence-electron chi connectivity index (χ1n) is 9.02. The van der Waals surface area contributed by atoms with Gasteiger partial charge in [0.1, 0.15) is 0 Å². The third-order valence-electron chi connectivity index (χ3n) is 5.53. The van der Waals surface area contributed by atoms with Gasteiger partial charge in [-0.05, 0) is 33.4 Å². The minimum Gasteiger partial charge on any atom is -0.353 e. The molecular weight excluding hydrogens is 314 g/mol. The Bertz CT molecular complexity index is 921. The van der Waals surface area contributed by atoms with Gasteiger partial charge in [-0.1, -0.05) is 0 Å². The van der Waals surface area contributed by atoms with E-state index in [4.69, 9.17) is 4.98 Å². The van der Waals surface area contributed by atoms with E-state index in [-0.39, 0.29) is 0 Å². The first kappa shape index (κ1) is 14.9. The molecule has 7 nitrogen and oxygen atoms in total. The van der Waals surface area contributed by atoms with Gasteiger partial charge in [-0.15, -0.1) is 0 Å². The molecule has 1 unspecified atom stereocenters. The van der Waals surface area contributed by atoms with Gasteiger partial charge >= 0.3 is 0 Å². The summed E-state index contributed by atoms with van der Waals surface area (Å²) in [5.41, 5.74) is 4.15. The molecule has 3 aromatic heterocycles. The molecule has 130 valence electrons. The highest BCUT2D eigenvalue weighted by molar-refractivity contribution is 5.72. The van der Waals surface area contributed by atoms with Gasteiger partial charge in [-0.3, -0.25) is 9.08 Å². The van der Waals surface area contributed by atoms with E-state index in [0.29, 0.717) is 6.04 Å². The SMILES string of the molecule is Cc1c(-c2cnn(C3CCN(C)C3)c2)nc(N2CCC2)c2nccn12. The molecule has 2 fully saturated rings. The van der Waals surface area contributed by atoms with E-state index >= 15 is 0 Å². The molecule has 25 heavy (non-hydrogen) atoms. The van der Waals surface area contributed by atoms with Crippen LogP contribution < -0.4 is 4.90 Å². The fourth-order valence-corrected chi connectivity index (χ4v) is 3.89. The summed E-state index contributed by atoms with van der Waals surface area (Å²) in [5, 5.41) is 4.64. The first-order chi connectivity index (χ1) is 12.2. The molecule has 2 aliphatic rings. The van der Waals surface area contributed by atoms with Crippen LogP contribution in [0.3, 0.4) is 0 Å². The van der Waals surface area contributed by atoms with Crippen LogP contribution in [0.1, 0.15) is 24.6 Å². The summed E-state index contributed by atoms with van der Waals surface area (Å²) >= 11 is 0. The zero-order valence-corrected chi connectivity index (χ0v) is 14.8. The molecule has 5 heterocycles. The topological polar surface area (TPSA) is 54.5 Å². The van der Waals surface area contributed by atoms with Gasteiger partial charge in [0, 0.05) is 49.5 Å². The van der Waals surface area contributed by atoms with E-state index < -0.39 is 0 Å². The van der Waals surface area contributed by atoms with E-state index in [9.17, 15) is 0 Å². The molecule has 0 radical (unpaired) electrons. The van der Waals surface area contributed by atoms with Crippen LogP contribution in [0.5, 0.6) is 0 Å². The van der Waals surface area contributed by atoms with Crippen molar-refractivity contribution in [3.63, 3.8) is 0 Å². The number of likely N-dealkylation sites (tertiary alicyclic amines) is 1. The molecule has 0 aromatic carbocycles. The van der Waals surface area contributed by atoms with Gasteiger partial charge in [0.2, 0.25) is 0 Å². The fraction of sp³-hybridized carbons (Fsp3) is 0.500. The van der Waals surface area contributed by atoms with E-state index in [2.05, 4.69) is 49.1 Å². The van der Waals surface area contributed by atoms with Gasteiger partial charge in [0.15, 0.2) is 11.5 Å². The van der Waals surface area contributed by atoms with Gasteiger partial charge in [-0.2, -0.15) is 5.10 Å². The summed E-state index contributed by atoms with van der Waals surface area (Å²) < 4.78 is 4.26. The molecule has 0 saturated carbocycles. The van der Waals surface area contributed by atoms with Crippen molar-refractivity contribution in [3.8, 4) is 11.3 Å². The molecule has 0 aliphatic carbocycles. The quantitative estimate of drug-likeness (QED) is 0.732. The summed E-state index contributed by atoms with van der Waals surface area (Å²) in [6, 6.07) is 0.464. The third kappa shape index (κ3) is 2.33. The van der Waals surface area contributed by atoms with Gasteiger partial charge in [-0.25, -0.2) is 9.97 Å². The molecule has 2 saturated heterocycles. The van der Waals surface area contributed by atoms with Crippen molar-refractivity contribution in [1.29, 1.82) is 0 Å². The van der Waals surface area contributed by atoms with E-state index in [1.165, 1.54) is 6.42 Å². The average Bonchev–Trinajstić information content (AvgIpc) is 3.27. The first-order valence-corrected chi connectivity index (χ1v) is 9.02. The van der Waals surface area contributed by atoms with Crippen LogP contribution in [-0.4, -0.2) is 62.3 Å². The molecule has 3 aromatic rings. The Balaban J connectivity index is 1.58. The molecule has 5 rings (SSSR count). The van der Waals surface area contributed by atoms with Gasteiger partial charge < -0.3 is 9.80 Å². The summed E-state index contributed by atoms with van der Waals surface area (Å²) in [6.45, 7) is 6.43. The highest BCUT2D eigenvalue weighted by Gasteiger charge is 2.25. The summed E-state index contributed by atoms with van der Waals surface area (Å²) in [7, 11) is 2.17. The number of anilines is 1. The Morgan fingerprint density at radius 3 is 2.80 bits per heavy atom. The second-order valence-electron chi connectivity index (χ2n) is 7.24. The summed E-state index contributed by atoms with van der Waals surface area (Å²) in [5.74, 6) is 0.991. The predicted molar refractivity (Wildman–Crippen MR) is 96.9 cm³/mol. The van der Waals surface area contributed by atoms with E-state index in [1.807, 2.05) is 18.6 Å². The summed E-state index contributed by atoms with van der Waals surface area (Å²) in [4.78, 5) is 14.2. The van der Waals surface area contributed by atoms with Crippen LogP contribution in [0.15, 0.2) is 24.8 Å². The Kier molecular flexibility index (Phi) is 3.31. The van der Waals surface area contributed by atoms with Crippen molar-refractivity contribution < 1.29 is 0 Å². The Labute approximate surface area is 146 Å². The monoisotopic (exact) mass is 337 g/mol. The third-order valence-corrected chi connectivity index (χ3v) is 5.53. The molecular formula is C18H23N7. The van der Waals surface area contributed by atoms with Crippen molar-refractivity contribution in [1.82, 2.24) is 29.0 Å². The molecule has 0 amide bonds. The minimum absolute atomic E-state index is 0.464. The minimum atomic E-state index is 0.464. The number of aryl methyl sites for hydroxylation is 1. The molecule has 7 heteroatoms. The standard InChI is InChI=1S/C18H23N7/c1-13-16(14-10-20-25(11-14)15-4-8-22(2)12-15)21-18(23-6-3-7-23)17-19-5-9-24(13)17/h5,9-11,15H,3-4,6-8,12H2,1-2H3. The lowest BCUT2D eigenvalue weighted by Gasteiger charge is -2.32. The number of likely N-dealkylation sites (N-methyl/N-ethyl adjacent to an activating group) is 1. The van der Waals surface area contributed by atoms with Gasteiger partial charge in [0.25, 0.3) is 0 Å². The number of hydrogen-bond donors (Lipinski definition) is 0. The maximum Gasteiger partial charge on any atom is 0.180 e. The Morgan fingerprint density at radius 1 is 1.20 bits per heavy atom. The Hall–Kier alpha value is -2.41. The molecule has 0 spiro atoms. The zero-order chi connectivity index (χ0) is 17.0. The number of imidazole rings is 1. The highest BCUT2D eigenvalue weighted by Crippen LogP contribution is 2.30. The fourth-order valence-electron chi connectivity index (χ4n) is 3.89. The maximum absolute atomic E-state index is 5.00. The number of rotatable bonds is 3. The van der Waals surface area contributed by atoms with E-state index in [1.54, 1.807) is 0 Å². The maximum atomic E-state index is 5.00. The van der Waals surface area contributed by atoms with Crippen molar-refractivity contribution >= 4 is 11.5 Å². The number of fused-ring (bicyclic) bond motifs is 1. The van der Waals surface area contributed by atoms with Crippen LogP contribution >= 0.6 is 0 Å². The molecule has 1 atom stereocenters. The van der Waals surface area contributed by atoms with Crippen molar-refractivity contribution in [2.75, 3.05) is 38.1 Å². The lowest BCUT2D eigenvalue weighted by Crippen LogP contribution is -2.38. The van der Waals surface area contributed by atoms with Crippen molar-refractivity contribution in [2.24, 2.45) is 0 Å². The van der Waals surface area contributed by atoms with Crippen molar-refractivity contribution in [3.05, 3.63) is 30.5 Å². The molecule has 2 aliphatic heterocycles. The van der Waals surface area contributed by atoms with Crippen molar-refractivity contribution in [2.45, 2.75) is 25.8 Å². The van der Waals surface area contributed by atoms with E-state index in [0.717, 1.165) is 61.0 Å². The highest BCUT2D eigenvalue weighted by atomic mass is 15.3. The second-order valence-corrected chi connectivity index (χ2v) is 7.24. The summed E-state index contributed by atoms with van der Waals surface area (Å²) in [6.07, 6.45) is 10.4. The molecule has 0 N–H and O–H groups in total. The van der Waals surface area contributed by atoms with Crippen LogP contribution in [0.2, 0.25) is 0 Å². The lowest BCUT2D eigenvalue weighted by atomic mass is 10.2. The Morgan fingerprint density at radius 2 is 2.08 bits per heavy atom. The normalized spacial score (nSPS) is 21.2. The van der Waals surface area contributed by atoms with Gasteiger partial charge in [0.05, 0.1) is 17.9 Å². The van der Waals surface area contributed by atoms with Crippen LogP contribution in [-0.2, 0) is 0 Å². The number of aromatic nitrogens is 5. The smallest absolute Gasteiger partial charge is 0.180 e.